The zero-order valence-corrected chi connectivity index (χ0v) is 9.28. The van der Waals surface area contributed by atoms with Crippen molar-refractivity contribution in [2.75, 3.05) is 0 Å². The van der Waals surface area contributed by atoms with Gasteiger partial charge in [0, 0.05) is 12.6 Å². The van der Waals surface area contributed by atoms with Crippen molar-refractivity contribution in [1.29, 1.82) is 0 Å². The maximum Gasteiger partial charge on any atom is 0.433 e. The van der Waals surface area contributed by atoms with E-state index in [1.165, 1.54) is 12.1 Å². The lowest BCUT2D eigenvalue weighted by molar-refractivity contribution is -0.141. The minimum atomic E-state index is -4.45. The van der Waals surface area contributed by atoms with Crippen LogP contribution in [0.4, 0.5) is 13.2 Å². The number of aromatic nitrogens is 1. The van der Waals surface area contributed by atoms with Crippen molar-refractivity contribution in [3.05, 3.63) is 59.4 Å². The molecule has 0 saturated carbocycles. The Morgan fingerprint density at radius 3 is 2.50 bits per heavy atom. The van der Waals surface area contributed by atoms with Gasteiger partial charge in [-0.1, -0.05) is 18.2 Å². The van der Waals surface area contributed by atoms with Gasteiger partial charge in [0.25, 0.3) is 0 Å². The van der Waals surface area contributed by atoms with E-state index in [0.717, 1.165) is 12.3 Å². The molecule has 94 valence electrons. The Morgan fingerprint density at radius 1 is 1.11 bits per heavy atom. The summed E-state index contributed by atoms with van der Waals surface area (Å²) >= 11 is 0. The van der Waals surface area contributed by atoms with E-state index < -0.39 is 11.9 Å². The monoisotopic (exact) mass is 253 g/mol. The second kappa shape index (κ2) is 4.68. The van der Waals surface area contributed by atoms with Crippen LogP contribution in [0.3, 0.4) is 0 Å². The summed E-state index contributed by atoms with van der Waals surface area (Å²) in [5.41, 5.74) is 0.117. The zero-order valence-electron chi connectivity index (χ0n) is 9.28. The third kappa shape index (κ3) is 2.80. The van der Waals surface area contributed by atoms with Crippen molar-refractivity contribution in [3.8, 4) is 5.75 Å². The molecule has 0 fully saturated rings. The lowest BCUT2D eigenvalue weighted by atomic mass is 10.0. The molecule has 0 bridgehead atoms. The molecular weight excluding hydrogens is 243 g/mol. The molecule has 2 aromatic rings. The maximum atomic E-state index is 12.5. The van der Waals surface area contributed by atoms with Gasteiger partial charge in [-0.2, -0.15) is 13.2 Å². The zero-order chi connectivity index (χ0) is 13.2. The SMILES string of the molecule is Oc1ccccc1Cc1ccnc(C(F)(F)F)c1. The van der Waals surface area contributed by atoms with E-state index in [-0.39, 0.29) is 12.2 Å². The Bertz CT molecular complexity index is 552. The van der Waals surface area contributed by atoms with Crippen LogP contribution in [0.15, 0.2) is 42.6 Å². The lowest BCUT2D eigenvalue weighted by Crippen LogP contribution is -2.08. The van der Waals surface area contributed by atoms with Crippen molar-refractivity contribution in [1.82, 2.24) is 4.98 Å². The molecule has 1 heterocycles. The fourth-order valence-corrected chi connectivity index (χ4v) is 1.62. The summed E-state index contributed by atoms with van der Waals surface area (Å²) in [6.07, 6.45) is -3.09. The normalized spacial score (nSPS) is 11.5. The number of hydrogen-bond donors (Lipinski definition) is 1. The van der Waals surface area contributed by atoms with E-state index in [2.05, 4.69) is 4.98 Å². The minimum absolute atomic E-state index is 0.0721. The van der Waals surface area contributed by atoms with Crippen molar-refractivity contribution < 1.29 is 18.3 Å². The van der Waals surface area contributed by atoms with Gasteiger partial charge < -0.3 is 5.11 Å². The summed E-state index contributed by atoms with van der Waals surface area (Å²) in [4.78, 5) is 3.29. The highest BCUT2D eigenvalue weighted by atomic mass is 19.4. The summed E-state index contributed by atoms with van der Waals surface area (Å²) in [5.74, 6) is 0.0721. The van der Waals surface area contributed by atoms with Gasteiger partial charge in [-0.05, 0) is 29.3 Å². The number of phenolic OH excluding ortho intramolecular Hbond substituents is 1. The second-order valence-corrected chi connectivity index (χ2v) is 3.85. The first-order valence-corrected chi connectivity index (χ1v) is 5.26. The number of halogens is 3. The van der Waals surface area contributed by atoms with Crippen molar-refractivity contribution in [3.63, 3.8) is 0 Å². The molecule has 0 atom stereocenters. The van der Waals surface area contributed by atoms with Crippen LogP contribution in [0.2, 0.25) is 0 Å². The number of para-hydroxylation sites is 1. The van der Waals surface area contributed by atoms with Gasteiger partial charge in [0.15, 0.2) is 0 Å². The van der Waals surface area contributed by atoms with Crippen LogP contribution in [-0.4, -0.2) is 10.1 Å². The molecule has 0 spiro atoms. The van der Waals surface area contributed by atoms with Crippen LogP contribution in [0.25, 0.3) is 0 Å². The van der Waals surface area contributed by atoms with E-state index in [9.17, 15) is 18.3 Å². The minimum Gasteiger partial charge on any atom is -0.508 e. The number of aromatic hydroxyl groups is 1. The predicted octanol–water partition coefficient (Wildman–Crippen LogP) is 3.40. The first-order chi connectivity index (χ1) is 8.47. The van der Waals surface area contributed by atoms with Gasteiger partial charge in [-0.3, -0.25) is 4.98 Å². The fourth-order valence-electron chi connectivity index (χ4n) is 1.62. The van der Waals surface area contributed by atoms with Crippen LogP contribution in [0.1, 0.15) is 16.8 Å². The highest BCUT2D eigenvalue weighted by Crippen LogP contribution is 2.28. The summed E-state index contributed by atoms with van der Waals surface area (Å²) in [6.45, 7) is 0. The third-order valence-corrected chi connectivity index (χ3v) is 2.50. The Kier molecular flexibility index (Phi) is 3.23. The van der Waals surface area contributed by atoms with Crippen LogP contribution in [0, 0.1) is 0 Å². The van der Waals surface area contributed by atoms with E-state index in [0.29, 0.717) is 11.1 Å². The molecule has 0 unspecified atom stereocenters. The van der Waals surface area contributed by atoms with Crippen molar-refractivity contribution in [2.24, 2.45) is 0 Å². The molecule has 5 heteroatoms. The number of alkyl halides is 3. The van der Waals surface area contributed by atoms with Gasteiger partial charge in [-0.25, -0.2) is 0 Å². The maximum absolute atomic E-state index is 12.5. The number of hydrogen-bond acceptors (Lipinski definition) is 2. The molecule has 0 saturated heterocycles. The highest BCUT2D eigenvalue weighted by Gasteiger charge is 2.32. The van der Waals surface area contributed by atoms with E-state index >= 15 is 0 Å². The van der Waals surface area contributed by atoms with E-state index in [1.54, 1.807) is 18.2 Å². The summed E-state index contributed by atoms with van der Waals surface area (Å²) in [7, 11) is 0. The molecule has 0 aliphatic carbocycles. The fraction of sp³-hybridized carbons (Fsp3) is 0.154. The molecule has 1 aromatic carbocycles. The van der Waals surface area contributed by atoms with Crippen LogP contribution in [-0.2, 0) is 12.6 Å². The molecule has 0 aliphatic rings. The van der Waals surface area contributed by atoms with E-state index in [4.69, 9.17) is 0 Å². The molecule has 0 aliphatic heterocycles. The van der Waals surface area contributed by atoms with Crippen LogP contribution in [0.5, 0.6) is 5.75 Å². The topological polar surface area (TPSA) is 33.1 Å². The number of nitrogens with zero attached hydrogens (tertiary/aromatic N) is 1. The highest BCUT2D eigenvalue weighted by molar-refractivity contribution is 5.36. The molecule has 0 amide bonds. The molecule has 2 nitrogen and oxygen atoms in total. The molecule has 1 aromatic heterocycles. The van der Waals surface area contributed by atoms with Crippen molar-refractivity contribution >= 4 is 0 Å². The van der Waals surface area contributed by atoms with Crippen LogP contribution < -0.4 is 0 Å². The Hall–Kier alpha value is -2.04. The van der Waals surface area contributed by atoms with Crippen LogP contribution >= 0.6 is 0 Å². The van der Waals surface area contributed by atoms with Gasteiger partial charge in [0.2, 0.25) is 0 Å². The number of rotatable bonds is 2. The summed E-state index contributed by atoms with van der Waals surface area (Å²) in [5, 5.41) is 9.56. The first kappa shape index (κ1) is 12.4. The number of phenols is 1. The Labute approximate surface area is 102 Å². The number of pyridine rings is 1. The molecule has 18 heavy (non-hydrogen) atoms. The first-order valence-electron chi connectivity index (χ1n) is 5.26. The molecule has 0 radical (unpaired) electrons. The Morgan fingerprint density at radius 2 is 1.83 bits per heavy atom. The lowest BCUT2D eigenvalue weighted by Gasteiger charge is -2.08. The molecule has 1 N–H and O–H groups in total. The number of benzene rings is 1. The summed E-state index contributed by atoms with van der Waals surface area (Å²) < 4.78 is 37.4. The van der Waals surface area contributed by atoms with E-state index in [1.807, 2.05) is 0 Å². The molecule has 2 rings (SSSR count). The van der Waals surface area contributed by atoms with Gasteiger partial charge in [-0.15, -0.1) is 0 Å². The van der Waals surface area contributed by atoms with Gasteiger partial charge >= 0.3 is 6.18 Å². The largest absolute Gasteiger partial charge is 0.508 e. The quantitative estimate of drug-likeness (QED) is 0.889. The van der Waals surface area contributed by atoms with Gasteiger partial charge in [0.1, 0.15) is 11.4 Å². The average molecular weight is 253 g/mol. The standard InChI is InChI=1S/C13H10F3NO/c14-13(15,16)12-8-9(5-6-17-12)7-10-3-1-2-4-11(10)18/h1-6,8,18H,7H2. The predicted molar refractivity (Wildman–Crippen MR) is 60.2 cm³/mol. The third-order valence-electron chi connectivity index (χ3n) is 2.50. The second-order valence-electron chi connectivity index (χ2n) is 3.85. The van der Waals surface area contributed by atoms with Gasteiger partial charge in [0.05, 0.1) is 0 Å². The summed E-state index contributed by atoms with van der Waals surface area (Å²) in [6, 6.07) is 9.05. The smallest absolute Gasteiger partial charge is 0.433 e. The molecular formula is C13H10F3NO. The Balaban J connectivity index is 2.28. The average Bonchev–Trinajstić information content (AvgIpc) is 2.31. The van der Waals surface area contributed by atoms with Crippen molar-refractivity contribution in [2.45, 2.75) is 12.6 Å².